The van der Waals surface area contributed by atoms with Crippen molar-refractivity contribution >= 4 is 34.0 Å². The lowest BCUT2D eigenvalue weighted by molar-refractivity contribution is 0.0978. The van der Waals surface area contributed by atoms with Crippen molar-refractivity contribution in [1.29, 1.82) is 0 Å². The van der Waals surface area contributed by atoms with Crippen molar-refractivity contribution in [3.8, 4) is 5.75 Å². The smallest absolute Gasteiger partial charge is 0.261 e. The number of nitrogens with zero attached hydrogens (tertiary/aromatic N) is 3. The third-order valence-corrected chi connectivity index (χ3v) is 5.41. The molecule has 1 aromatic heterocycles. The number of aromatic nitrogens is 2. The number of carbonyl (C=O) groups is 2. The number of H-pyrrole nitrogens is 1. The molecule has 1 fully saturated rings. The second-order valence-electron chi connectivity index (χ2n) is 7.24. The van der Waals surface area contributed by atoms with Gasteiger partial charge < -0.3 is 19.6 Å². The minimum absolute atomic E-state index is 0.119. The average Bonchev–Trinajstić information content (AvgIpc) is 3.20. The summed E-state index contributed by atoms with van der Waals surface area (Å²) in [4.78, 5) is 28.9. The quantitative estimate of drug-likeness (QED) is 0.630. The second-order valence-corrected chi connectivity index (χ2v) is 7.24. The van der Waals surface area contributed by atoms with Crippen LogP contribution in [-0.2, 0) is 4.74 Å². The number of benzene rings is 2. The Morgan fingerprint density at radius 3 is 2.57 bits per heavy atom. The van der Waals surface area contributed by atoms with Crippen molar-refractivity contribution in [2.24, 2.45) is 0 Å². The van der Waals surface area contributed by atoms with Gasteiger partial charge in [0.25, 0.3) is 5.91 Å². The Bertz CT molecular complexity index is 1080. The van der Waals surface area contributed by atoms with E-state index in [2.05, 4.69) is 15.1 Å². The first-order valence-electron chi connectivity index (χ1n) is 9.94. The highest BCUT2D eigenvalue weighted by Gasteiger charge is 2.22. The zero-order chi connectivity index (χ0) is 21.3. The summed E-state index contributed by atoms with van der Waals surface area (Å²) in [5.41, 5.74) is 2.69. The normalized spacial score (nSPS) is 14.1. The molecule has 1 aliphatic heterocycles. The Kier molecular flexibility index (Phi) is 5.41. The van der Waals surface area contributed by atoms with Gasteiger partial charge in [-0.3, -0.25) is 14.7 Å². The molecule has 1 saturated heterocycles. The number of phenolic OH excluding ortho intramolecular Hbond substituents is 1. The van der Waals surface area contributed by atoms with Crippen LogP contribution in [-0.4, -0.2) is 60.3 Å². The van der Waals surface area contributed by atoms with Crippen LogP contribution in [0.5, 0.6) is 5.75 Å². The molecule has 2 heterocycles. The first-order valence-corrected chi connectivity index (χ1v) is 9.94. The highest BCUT2D eigenvalue weighted by molar-refractivity contribution is 6.12. The molecule has 1 aliphatic rings. The van der Waals surface area contributed by atoms with Crippen LogP contribution < -0.4 is 9.80 Å². The van der Waals surface area contributed by atoms with Gasteiger partial charge >= 0.3 is 0 Å². The van der Waals surface area contributed by atoms with Crippen molar-refractivity contribution in [1.82, 2.24) is 10.2 Å². The van der Waals surface area contributed by atoms with E-state index in [9.17, 15) is 14.7 Å². The molecule has 8 nitrogen and oxygen atoms in total. The standard InChI is InChI=1S/C22H24N4O4/c1-3-19(27)21-16-12-17(20(28)13-18(16)23-24-21)22(29)25(2)14-4-6-15(7-5-14)26-8-10-30-11-9-26/h4-7,12-13,28H,3,8-11H2,1-2H3,(H,23,24). The zero-order valence-electron chi connectivity index (χ0n) is 17.0. The molecule has 2 aromatic carbocycles. The number of aromatic hydroxyl groups is 1. The molecule has 8 heteroatoms. The summed E-state index contributed by atoms with van der Waals surface area (Å²) >= 11 is 0. The van der Waals surface area contributed by atoms with Crippen LogP contribution in [0.2, 0.25) is 0 Å². The maximum atomic E-state index is 13.1. The average molecular weight is 408 g/mol. The van der Waals surface area contributed by atoms with Gasteiger partial charge in [-0.25, -0.2) is 0 Å². The topological polar surface area (TPSA) is 98.8 Å². The van der Waals surface area contributed by atoms with Gasteiger partial charge in [0, 0.05) is 49.4 Å². The monoisotopic (exact) mass is 408 g/mol. The maximum absolute atomic E-state index is 13.1. The summed E-state index contributed by atoms with van der Waals surface area (Å²) < 4.78 is 5.38. The number of morpholine rings is 1. The summed E-state index contributed by atoms with van der Waals surface area (Å²) in [5, 5.41) is 17.7. The Labute approximate surface area is 174 Å². The first-order chi connectivity index (χ1) is 14.5. The van der Waals surface area contributed by atoms with E-state index in [1.165, 1.54) is 17.0 Å². The van der Waals surface area contributed by atoms with Crippen LogP contribution in [0.3, 0.4) is 0 Å². The van der Waals surface area contributed by atoms with E-state index in [-0.39, 0.29) is 28.7 Å². The number of amides is 1. The van der Waals surface area contributed by atoms with Crippen LogP contribution in [0.25, 0.3) is 10.9 Å². The van der Waals surface area contributed by atoms with Crippen LogP contribution in [0, 0.1) is 0 Å². The number of aromatic amines is 1. The van der Waals surface area contributed by atoms with E-state index < -0.39 is 0 Å². The fourth-order valence-corrected chi connectivity index (χ4v) is 3.61. The summed E-state index contributed by atoms with van der Waals surface area (Å²) in [5.74, 6) is -0.662. The fourth-order valence-electron chi connectivity index (χ4n) is 3.61. The van der Waals surface area contributed by atoms with E-state index in [1.807, 2.05) is 24.3 Å². The van der Waals surface area contributed by atoms with Gasteiger partial charge in [0.15, 0.2) is 5.78 Å². The number of ether oxygens (including phenoxy) is 1. The van der Waals surface area contributed by atoms with E-state index in [0.29, 0.717) is 36.2 Å². The Hall–Kier alpha value is -3.39. The van der Waals surface area contributed by atoms with Gasteiger partial charge in [-0.15, -0.1) is 0 Å². The molecule has 3 aromatic rings. The van der Waals surface area contributed by atoms with Gasteiger partial charge in [-0.05, 0) is 30.3 Å². The molecule has 0 radical (unpaired) electrons. The Morgan fingerprint density at radius 2 is 1.90 bits per heavy atom. The molecule has 4 rings (SSSR count). The predicted octanol–water partition coefficient (Wildman–Crippen LogP) is 2.97. The number of phenols is 1. The van der Waals surface area contributed by atoms with Crippen molar-refractivity contribution in [3.05, 3.63) is 47.7 Å². The van der Waals surface area contributed by atoms with Crippen molar-refractivity contribution in [2.75, 3.05) is 43.2 Å². The first kappa shape index (κ1) is 19.9. The molecule has 156 valence electrons. The molecule has 0 bridgehead atoms. The predicted molar refractivity (Wildman–Crippen MR) is 115 cm³/mol. The van der Waals surface area contributed by atoms with E-state index >= 15 is 0 Å². The molecule has 0 atom stereocenters. The minimum Gasteiger partial charge on any atom is -0.507 e. The number of Topliss-reactive ketones (excluding diaryl/α,β-unsaturated/α-hetero) is 1. The van der Waals surface area contributed by atoms with Crippen LogP contribution >= 0.6 is 0 Å². The Balaban J connectivity index is 1.61. The van der Waals surface area contributed by atoms with Crippen molar-refractivity contribution in [2.45, 2.75) is 13.3 Å². The van der Waals surface area contributed by atoms with Crippen LogP contribution in [0.15, 0.2) is 36.4 Å². The fraction of sp³-hybridized carbons (Fsp3) is 0.318. The molecule has 0 saturated carbocycles. The van der Waals surface area contributed by atoms with Gasteiger partial charge in [0.1, 0.15) is 11.4 Å². The highest BCUT2D eigenvalue weighted by atomic mass is 16.5. The summed E-state index contributed by atoms with van der Waals surface area (Å²) in [6, 6.07) is 10.7. The minimum atomic E-state index is -0.371. The maximum Gasteiger partial charge on any atom is 0.261 e. The van der Waals surface area contributed by atoms with Gasteiger partial charge in [0.05, 0.1) is 24.3 Å². The third kappa shape index (κ3) is 3.61. The number of anilines is 2. The zero-order valence-corrected chi connectivity index (χ0v) is 17.0. The van der Waals surface area contributed by atoms with Crippen LogP contribution in [0.1, 0.15) is 34.2 Å². The number of hydrogen-bond acceptors (Lipinski definition) is 6. The lowest BCUT2D eigenvalue weighted by atomic mass is 10.1. The molecular weight excluding hydrogens is 384 g/mol. The van der Waals surface area contributed by atoms with E-state index in [4.69, 9.17) is 4.74 Å². The van der Waals surface area contributed by atoms with E-state index in [0.717, 1.165) is 18.8 Å². The number of carbonyl (C=O) groups excluding carboxylic acids is 2. The molecule has 1 amide bonds. The van der Waals surface area contributed by atoms with Gasteiger partial charge in [-0.2, -0.15) is 5.10 Å². The van der Waals surface area contributed by atoms with Gasteiger partial charge in [-0.1, -0.05) is 6.92 Å². The van der Waals surface area contributed by atoms with Crippen molar-refractivity contribution < 1.29 is 19.4 Å². The molecule has 0 spiro atoms. The largest absolute Gasteiger partial charge is 0.507 e. The molecule has 0 aliphatic carbocycles. The lowest BCUT2D eigenvalue weighted by Crippen LogP contribution is -2.36. The van der Waals surface area contributed by atoms with E-state index in [1.54, 1.807) is 14.0 Å². The number of rotatable bonds is 5. The Morgan fingerprint density at radius 1 is 1.20 bits per heavy atom. The molecule has 2 N–H and O–H groups in total. The summed E-state index contributed by atoms with van der Waals surface area (Å²) in [7, 11) is 1.66. The highest BCUT2D eigenvalue weighted by Crippen LogP contribution is 2.29. The lowest BCUT2D eigenvalue weighted by Gasteiger charge is -2.29. The van der Waals surface area contributed by atoms with Crippen LogP contribution in [0.4, 0.5) is 11.4 Å². The van der Waals surface area contributed by atoms with Gasteiger partial charge in [0.2, 0.25) is 0 Å². The summed E-state index contributed by atoms with van der Waals surface area (Å²) in [6.45, 7) is 4.84. The molecular formula is C22H24N4O4. The second kappa shape index (κ2) is 8.16. The summed E-state index contributed by atoms with van der Waals surface area (Å²) in [6.07, 6.45) is 0.305. The molecule has 0 unspecified atom stereocenters. The number of fused-ring (bicyclic) bond motifs is 1. The number of nitrogens with one attached hydrogen (secondary N) is 1. The third-order valence-electron chi connectivity index (χ3n) is 5.41. The SMILES string of the molecule is CCC(=O)c1n[nH]c2cc(O)c(C(=O)N(C)c3ccc(N4CCOCC4)cc3)cc12. The molecule has 30 heavy (non-hydrogen) atoms. The van der Waals surface area contributed by atoms with Crippen molar-refractivity contribution in [3.63, 3.8) is 0 Å². The number of hydrogen-bond donors (Lipinski definition) is 2. The number of ketones is 1.